The van der Waals surface area contributed by atoms with E-state index >= 15 is 0 Å². The lowest BCUT2D eigenvalue weighted by atomic mass is 9.78. The Morgan fingerprint density at radius 3 is 1.65 bits per heavy atom. The van der Waals surface area contributed by atoms with Crippen molar-refractivity contribution in [2.45, 2.75) is 37.3 Å². The van der Waals surface area contributed by atoms with Crippen molar-refractivity contribution in [1.82, 2.24) is 0 Å². The first-order valence-corrected chi connectivity index (χ1v) is 6.81. The lowest BCUT2D eigenvalue weighted by Gasteiger charge is -2.25. The molecule has 0 aliphatic carbocycles. The van der Waals surface area contributed by atoms with Gasteiger partial charge in [0.15, 0.2) is 0 Å². The zero-order valence-corrected chi connectivity index (χ0v) is 11.2. The largest absolute Gasteiger partial charge is 0.507 e. The fourth-order valence-electron chi connectivity index (χ4n) is 4.14. The van der Waals surface area contributed by atoms with Crippen LogP contribution in [-0.4, -0.2) is 10.2 Å². The summed E-state index contributed by atoms with van der Waals surface area (Å²) in [6.07, 6.45) is 7.19. The molecule has 4 atom stereocenters. The molecule has 1 aromatic carbocycles. The number of rotatable bonds is 0. The Balaban J connectivity index is 1.93. The van der Waals surface area contributed by atoms with Crippen LogP contribution < -0.4 is 0 Å². The van der Waals surface area contributed by atoms with Gasteiger partial charge in [0.25, 0.3) is 0 Å². The van der Waals surface area contributed by atoms with Crippen LogP contribution in [0.3, 0.4) is 0 Å². The average Bonchev–Trinajstić information content (AvgIpc) is 3.09. The van der Waals surface area contributed by atoms with Crippen LogP contribution in [-0.2, 0) is 20.7 Å². The molecule has 0 fully saturated rings. The van der Waals surface area contributed by atoms with E-state index in [1.807, 2.05) is 38.2 Å². The fourth-order valence-corrected chi connectivity index (χ4v) is 4.14. The van der Waals surface area contributed by atoms with E-state index in [1.54, 1.807) is 0 Å². The monoisotopic (exact) mass is 270 g/mol. The molecule has 1 aromatic rings. The highest BCUT2D eigenvalue weighted by atomic mass is 16.5. The van der Waals surface area contributed by atoms with Crippen molar-refractivity contribution >= 4 is 0 Å². The van der Waals surface area contributed by atoms with Gasteiger partial charge in [-0.2, -0.15) is 0 Å². The van der Waals surface area contributed by atoms with Gasteiger partial charge in [-0.15, -0.1) is 0 Å². The molecule has 5 rings (SSSR count). The van der Waals surface area contributed by atoms with Crippen LogP contribution in [0.4, 0.5) is 0 Å². The number of benzene rings is 1. The third-order valence-corrected chi connectivity index (χ3v) is 5.01. The zero-order valence-electron chi connectivity index (χ0n) is 11.2. The second-order valence-electron chi connectivity index (χ2n) is 6.28. The van der Waals surface area contributed by atoms with Crippen LogP contribution in [0.5, 0.6) is 11.5 Å². The summed E-state index contributed by atoms with van der Waals surface area (Å²) in [4.78, 5) is 0. The maximum atomic E-state index is 10.7. The van der Waals surface area contributed by atoms with Crippen molar-refractivity contribution in [2.24, 2.45) is 0 Å². The fraction of sp³-hybridized carbons (Fsp3) is 0.375. The molecule has 4 aliphatic heterocycles. The Bertz CT molecular complexity index is 684. The third-order valence-electron chi connectivity index (χ3n) is 5.01. The smallest absolute Gasteiger partial charge is 0.129 e. The number of hydrogen-bond acceptors (Lipinski definition) is 4. The van der Waals surface area contributed by atoms with Gasteiger partial charge in [-0.1, -0.05) is 12.2 Å². The van der Waals surface area contributed by atoms with Crippen molar-refractivity contribution in [3.8, 4) is 11.5 Å². The molecule has 4 heterocycles. The van der Waals surface area contributed by atoms with Crippen molar-refractivity contribution in [3.63, 3.8) is 0 Å². The molecule has 0 saturated heterocycles. The van der Waals surface area contributed by atoms with Gasteiger partial charge in [-0.25, -0.2) is 0 Å². The summed E-state index contributed by atoms with van der Waals surface area (Å²) in [7, 11) is 0. The van der Waals surface area contributed by atoms with Gasteiger partial charge < -0.3 is 19.7 Å². The number of hydrogen-bond donors (Lipinski definition) is 2. The van der Waals surface area contributed by atoms with Gasteiger partial charge in [0.1, 0.15) is 34.9 Å². The quantitative estimate of drug-likeness (QED) is 0.562. The highest BCUT2D eigenvalue weighted by Crippen LogP contribution is 2.64. The number of ether oxygens (including phenoxy) is 2. The van der Waals surface area contributed by atoms with Gasteiger partial charge in [0, 0.05) is 22.3 Å². The van der Waals surface area contributed by atoms with E-state index in [0.717, 1.165) is 0 Å². The van der Waals surface area contributed by atoms with E-state index in [-0.39, 0.29) is 23.7 Å². The van der Waals surface area contributed by atoms with Gasteiger partial charge in [0.2, 0.25) is 0 Å². The maximum Gasteiger partial charge on any atom is 0.129 e. The molecule has 0 saturated carbocycles. The minimum absolute atomic E-state index is 0.209. The maximum absolute atomic E-state index is 10.7. The van der Waals surface area contributed by atoms with Crippen LogP contribution >= 0.6 is 0 Å². The van der Waals surface area contributed by atoms with E-state index in [9.17, 15) is 10.2 Å². The van der Waals surface area contributed by atoms with Crippen molar-refractivity contribution in [2.75, 3.05) is 0 Å². The summed E-state index contributed by atoms with van der Waals surface area (Å²) in [5.41, 5.74) is 1.46. The highest BCUT2D eigenvalue weighted by molar-refractivity contribution is 5.70. The molecule has 4 aliphatic rings. The molecular formula is C16H14O4. The molecule has 0 aromatic heterocycles. The normalized spacial score (nSPS) is 41.5. The van der Waals surface area contributed by atoms with Crippen molar-refractivity contribution < 1.29 is 19.7 Å². The van der Waals surface area contributed by atoms with Crippen molar-refractivity contribution in [3.05, 3.63) is 46.6 Å². The molecule has 20 heavy (non-hydrogen) atoms. The average molecular weight is 270 g/mol. The van der Waals surface area contributed by atoms with E-state index in [2.05, 4.69) is 0 Å². The van der Waals surface area contributed by atoms with E-state index in [4.69, 9.17) is 9.47 Å². The minimum Gasteiger partial charge on any atom is -0.507 e. The summed E-state index contributed by atoms with van der Waals surface area (Å²) < 4.78 is 11.8. The number of aromatic hydroxyl groups is 2. The summed E-state index contributed by atoms with van der Waals surface area (Å²) in [5, 5.41) is 21.5. The molecule has 102 valence electrons. The topological polar surface area (TPSA) is 58.9 Å². The van der Waals surface area contributed by atoms with Crippen LogP contribution in [0.15, 0.2) is 24.3 Å². The highest BCUT2D eigenvalue weighted by Gasteiger charge is 2.54. The van der Waals surface area contributed by atoms with Crippen LogP contribution in [0.2, 0.25) is 0 Å². The van der Waals surface area contributed by atoms with E-state index in [1.165, 1.54) is 0 Å². The summed E-state index contributed by atoms with van der Waals surface area (Å²) >= 11 is 0. The molecule has 4 unspecified atom stereocenters. The van der Waals surface area contributed by atoms with Gasteiger partial charge in [0.05, 0.1) is 0 Å². The number of fused-ring (bicyclic) bond motifs is 10. The Kier molecular flexibility index (Phi) is 1.53. The van der Waals surface area contributed by atoms with Crippen molar-refractivity contribution in [1.29, 1.82) is 0 Å². The standard InChI is InChI=1S/C16H14O4/c1-15-5-3-7(19-15)9-11(15)13(17)10-8-4-6-16(2,20-8)12(10)14(9)18/h3-8,17-18H,1-2H3. The Morgan fingerprint density at radius 1 is 0.850 bits per heavy atom. The minimum atomic E-state index is -0.650. The Labute approximate surface area is 115 Å². The SMILES string of the molecule is CC12C=CC(O1)c1c(O)c3c(c(O)c12)C1C=CC3(C)O1. The predicted octanol–water partition coefficient (Wildman–Crippen LogP) is 2.81. The van der Waals surface area contributed by atoms with E-state index in [0.29, 0.717) is 22.3 Å². The molecule has 0 spiro atoms. The molecule has 2 N–H and O–H groups in total. The lowest BCUT2D eigenvalue weighted by Crippen LogP contribution is -2.19. The first-order valence-electron chi connectivity index (χ1n) is 6.81. The van der Waals surface area contributed by atoms with Crippen LogP contribution in [0.25, 0.3) is 0 Å². The van der Waals surface area contributed by atoms with Gasteiger partial charge in [-0.05, 0) is 26.0 Å². The van der Waals surface area contributed by atoms with E-state index < -0.39 is 11.2 Å². The number of phenolic OH excluding ortho intramolecular Hbond substituents is 2. The summed E-state index contributed by atoms with van der Waals surface area (Å²) in [6.45, 7) is 3.82. The second-order valence-corrected chi connectivity index (χ2v) is 6.28. The lowest BCUT2D eigenvalue weighted by molar-refractivity contribution is 0.00546. The summed E-state index contributed by atoms with van der Waals surface area (Å²) in [5.74, 6) is 0.417. The Morgan fingerprint density at radius 2 is 1.25 bits per heavy atom. The van der Waals surface area contributed by atoms with Crippen LogP contribution in [0.1, 0.15) is 48.3 Å². The second kappa shape index (κ2) is 2.80. The molecule has 0 amide bonds. The third kappa shape index (κ3) is 0.911. The molecular weight excluding hydrogens is 256 g/mol. The number of phenols is 2. The molecule has 4 bridgehead atoms. The van der Waals surface area contributed by atoms with Gasteiger partial charge >= 0.3 is 0 Å². The predicted molar refractivity (Wildman–Crippen MR) is 70.4 cm³/mol. The molecule has 0 radical (unpaired) electrons. The first kappa shape index (κ1) is 10.9. The molecule has 4 heteroatoms. The zero-order chi connectivity index (χ0) is 13.9. The molecule has 4 nitrogen and oxygen atoms in total. The first-order chi connectivity index (χ1) is 9.45. The van der Waals surface area contributed by atoms with Gasteiger partial charge in [-0.3, -0.25) is 0 Å². The summed E-state index contributed by atoms with van der Waals surface area (Å²) in [6, 6.07) is 0. The van der Waals surface area contributed by atoms with Crippen LogP contribution in [0, 0.1) is 0 Å². The Hall–Kier alpha value is -1.78.